The zero-order valence-electron chi connectivity index (χ0n) is 18.4. The second kappa shape index (κ2) is 9.10. The first-order chi connectivity index (χ1) is 15.6. The number of nitrogens with one attached hydrogen (secondary N) is 1. The molecular weight excluding hydrogens is 407 g/mol. The molecule has 5 nitrogen and oxygen atoms in total. The minimum atomic E-state index is -1.27. The van der Waals surface area contributed by atoms with Crippen molar-refractivity contribution in [1.82, 2.24) is 10.2 Å². The van der Waals surface area contributed by atoms with Gasteiger partial charge in [0.1, 0.15) is 18.0 Å². The fourth-order valence-corrected chi connectivity index (χ4v) is 4.79. The number of ether oxygens (including phenoxy) is 2. The van der Waals surface area contributed by atoms with Crippen molar-refractivity contribution in [1.29, 1.82) is 0 Å². The van der Waals surface area contributed by atoms with Gasteiger partial charge < -0.3 is 19.7 Å². The number of hydrogen-bond acceptors (Lipinski definition) is 4. The van der Waals surface area contributed by atoms with E-state index in [1.165, 1.54) is 11.1 Å². The van der Waals surface area contributed by atoms with Gasteiger partial charge in [-0.25, -0.2) is 9.18 Å². The lowest BCUT2D eigenvalue weighted by molar-refractivity contribution is 0.0408. The van der Waals surface area contributed by atoms with Gasteiger partial charge in [-0.2, -0.15) is 0 Å². The third kappa shape index (κ3) is 4.90. The Labute approximate surface area is 188 Å². The van der Waals surface area contributed by atoms with Gasteiger partial charge in [0.05, 0.1) is 6.61 Å². The fourth-order valence-electron chi connectivity index (χ4n) is 4.79. The Morgan fingerprint density at radius 3 is 2.81 bits per heavy atom. The summed E-state index contributed by atoms with van der Waals surface area (Å²) in [5.41, 5.74) is 2.31. The summed E-state index contributed by atoms with van der Waals surface area (Å²) < 4.78 is 26.4. The Kier molecular flexibility index (Phi) is 6.05. The number of fused-ring (bicyclic) bond motifs is 1. The number of nitrogens with zero attached hydrogens (tertiary/aromatic N) is 1. The molecule has 32 heavy (non-hydrogen) atoms. The molecule has 2 fully saturated rings. The van der Waals surface area contributed by atoms with E-state index in [1.807, 2.05) is 30.3 Å². The van der Waals surface area contributed by atoms with Crippen molar-refractivity contribution in [2.75, 3.05) is 26.2 Å². The number of carbonyl (C=O) groups is 1. The molecule has 2 heterocycles. The summed E-state index contributed by atoms with van der Waals surface area (Å²) in [6.07, 6.45) is 3.52. The highest BCUT2D eigenvalue weighted by Gasteiger charge is 2.42. The molecule has 170 valence electrons. The van der Waals surface area contributed by atoms with Crippen LogP contribution in [0.2, 0.25) is 0 Å². The van der Waals surface area contributed by atoms with Crippen LogP contribution in [-0.2, 0) is 17.8 Å². The molecule has 3 aliphatic rings. The van der Waals surface area contributed by atoms with E-state index in [-0.39, 0.29) is 12.7 Å². The van der Waals surface area contributed by atoms with Crippen LogP contribution in [0.4, 0.5) is 9.18 Å². The molecule has 2 atom stereocenters. The minimum Gasteiger partial charge on any atom is -0.493 e. The Balaban J connectivity index is 1.06. The second-order valence-corrected chi connectivity index (χ2v) is 9.33. The van der Waals surface area contributed by atoms with E-state index in [9.17, 15) is 4.79 Å². The topological polar surface area (TPSA) is 50.8 Å². The first kappa shape index (κ1) is 21.3. The summed E-state index contributed by atoms with van der Waals surface area (Å²) in [6.45, 7) is 2.18. The molecule has 2 aromatic rings. The Morgan fingerprint density at radius 1 is 1.19 bits per heavy atom. The molecule has 1 N–H and O–H groups in total. The Hall–Kier alpha value is -2.60. The fraction of sp³-hybridized carbons (Fsp3) is 0.500. The zero-order chi connectivity index (χ0) is 22.0. The second-order valence-electron chi connectivity index (χ2n) is 9.33. The number of halogens is 1. The summed E-state index contributed by atoms with van der Waals surface area (Å²) in [6, 6.07) is 16.4. The lowest BCUT2D eigenvalue weighted by Gasteiger charge is -2.36. The van der Waals surface area contributed by atoms with Gasteiger partial charge in [0, 0.05) is 44.4 Å². The van der Waals surface area contributed by atoms with Crippen LogP contribution in [0.15, 0.2) is 48.5 Å². The number of benzene rings is 2. The van der Waals surface area contributed by atoms with Crippen LogP contribution in [0.25, 0.3) is 0 Å². The summed E-state index contributed by atoms with van der Waals surface area (Å²) in [4.78, 5) is 13.9. The van der Waals surface area contributed by atoms with Crippen LogP contribution in [0.3, 0.4) is 0 Å². The quantitative estimate of drug-likeness (QED) is 0.716. The average Bonchev–Trinajstić information content (AvgIpc) is 3.62. The van der Waals surface area contributed by atoms with Crippen molar-refractivity contribution in [3.63, 3.8) is 0 Å². The summed E-state index contributed by atoms with van der Waals surface area (Å²) >= 11 is 0. The van der Waals surface area contributed by atoms with E-state index in [0.717, 1.165) is 37.2 Å². The molecule has 6 heteroatoms. The lowest BCUT2D eigenvalue weighted by Crippen LogP contribution is -2.49. The van der Waals surface area contributed by atoms with Crippen molar-refractivity contribution in [3.05, 3.63) is 65.2 Å². The average molecular weight is 439 g/mol. The maximum atomic E-state index is 15.3. The van der Waals surface area contributed by atoms with E-state index < -0.39 is 5.67 Å². The van der Waals surface area contributed by atoms with E-state index >= 15 is 4.39 Å². The predicted octanol–water partition coefficient (Wildman–Crippen LogP) is 4.60. The number of carbonyl (C=O) groups excluding carboxylic acids is 1. The first-order valence-electron chi connectivity index (χ1n) is 11.7. The molecule has 1 aliphatic carbocycles. The molecule has 2 unspecified atom stereocenters. The lowest BCUT2D eigenvalue weighted by atomic mass is 9.93. The van der Waals surface area contributed by atoms with Gasteiger partial charge in [0.25, 0.3) is 0 Å². The van der Waals surface area contributed by atoms with Gasteiger partial charge in [-0.15, -0.1) is 0 Å². The predicted molar refractivity (Wildman–Crippen MR) is 121 cm³/mol. The summed E-state index contributed by atoms with van der Waals surface area (Å²) in [7, 11) is 0. The highest BCUT2D eigenvalue weighted by molar-refractivity contribution is 5.67. The molecule has 1 amide bonds. The molecule has 0 aromatic heterocycles. The number of piperidine rings is 1. The van der Waals surface area contributed by atoms with Crippen LogP contribution in [-0.4, -0.2) is 48.9 Å². The van der Waals surface area contributed by atoms with Crippen molar-refractivity contribution in [2.45, 2.75) is 56.3 Å². The third-order valence-corrected chi connectivity index (χ3v) is 6.96. The van der Waals surface area contributed by atoms with Crippen LogP contribution in [0.1, 0.15) is 48.3 Å². The van der Waals surface area contributed by atoms with Gasteiger partial charge in [-0.3, -0.25) is 0 Å². The zero-order valence-corrected chi connectivity index (χ0v) is 18.4. The molecule has 0 bridgehead atoms. The number of likely N-dealkylation sites (tertiary alicyclic amines) is 1. The molecule has 1 saturated heterocycles. The first-order valence-corrected chi connectivity index (χ1v) is 11.7. The van der Waals surface area contributed by atoms with Crippen molar-refractivity contribution in [3.8, 4) is 5.75 Å². The normalized spacial score (nSPS) is 23.7. The van der Waals surface area contributed by atoms with E-state index in [0.29, 0.717) is 44.4 Å². The maximum Gasteiger partial charge on any atom is 0.410 e. The number of hydrogen-bond donors (Lipinski definition) is 1. The molecule has 5 rings (SSSR count). The van der Waals surface area contributed by atoms with Crippen molar-refractivity contribution in [2.24, 2.45) is 0 Å². The largest absolute Gasteiger partial charge is 0.493 e. The summed E-state index contributed by atoms with van der Waals surface area (Å²) in [5.74, 6) is 1.47. The Bertz CT molecular complexity index is 943. The molecule has 0 radical (unpaired) electrons. The van der Waals surface area contributed by atoms with E-state index in [4.69, 9.17) is 9.47 Å². The molecule has 1 saturated carbocycles. The SMILES string of the molecule is O=C(OCc1ccccc1)N1CCC(F)(CNC2CC2c2ccc3c(c2)CCCO3)CC1. The Morgan fingerprint density at radius 2 is 2.00 bits per heavy atom. The molecular formula is C26H31FN2O3. The van der Waals surface area contributed by atoms with Gasteiger partial charge in [0.2, 0.25) is 0 Å². The molecule has 0 spiro atoms. The van der Waals surface area contributed by atoms with Crippen LogP contribution in [0, 0.1) is 0 Å². The summed E-state index contributed by atoms with van der Waals surface area (Å²) in [5, 5.41) is 3.45. The van der Waals surface area contributed by atoms with Crippen molar-refractivity contribution >= 4 is 6.09 Å². The smallest absolute Gasteiger partial charge is 0.410 e. The van der Waals surface area contributed by atoms with Crippen LogP contribution < -0.4 is 10.1 Å². The van der Waals surface area contributed by atoms with Crippen LogP contribution >= 0.6 is 0 Å². The van der Waals surface area contributed by atoms with Crippen LogP contribution in [0.5, 0.6) is 5.75 Å². The number of aryl methyl sites for hydroxylation is 1. The van der Waals surface area contributed by atoms with E-state index in [2.05, 4.69) is 23.5 Å². The van der Waals surface area contributed by atoms with Crippen molar-refractivity contribution < 1.29 is 18.7 Å². The number of alkyl halides is 1. The number of rotatable bonds is 6. The monoisotopic (exact) mass is 438 g/mol. The minimum absolute atomic E-state index is 0.246. The highest BCUT2D eigenvalue weighted by Crippen LogP contribution is 2.43. The highest BCUT2D eigenvalue weighted by atomic mass is 19.1. The molecule has 2 aromatic carbocycles. The third-order valence-electron chi connectivity index (χ3n) is 6.96. The van der Waals surface area contributed by atoms with Gasteiger partial charge in [0.15, 0.2) is 0 Å². The number of amides is 1. The van der Waals surface area contributed by atoms with Gasteiger partial charge in [-0.1, -0.05) is 42.5 Å². The molecule has 2 aliphatic heterocycles. The van der Waals surface area contributed by atoms with E-state index in [1.54, 1.807) is 4.90 Å². The maximum absolute atomic E-state index is 15.3. The van der Waals surface area contributed by atoms with Gasteiger partial charge >= 0.3 is 6.09 Å². The standard InChI is InChI=1S/C26H31FN2O3/c27-26(10-12-29(13-11-26)25(30)32-17-19-5-2-1-3-6-19)18-28-23-16-22(23)20-8-9-24-21(15-20)7-4-14-31-24/h1-3,5-6,8-9,15,22-23,28H,4,7,10-14,16-18H2. The van der Waals surface area contributed by atoms with Gasteiger partial charge in [-0.05, 0) is 42.0 Å².